The molecule has 0 saturated heterocycles. The molecule has 90 valence electrons. The second-order valence-corrected chi connectivity index (χ2v) is 4.41. The van der Waals surface area contributed by atoms with Gasteiger partial charge in [0.1, 0.15) is 0 Å². The molecule has 0 aliphatic heterocycles. The maximum Gasteiger partial charge on any atom is 0.308 e. The number of carbonyl (C=O) groups is 1. The Morgan fingerprint density at radius 1 is 1.41 bits per heavy atom. The summed E-state index contributed by atoms with van der Waals surface area (Å²) in [6.45, 7) is 1.90. The zero-order valence-corrected chi connectivity index (χ0v) is 10.4. The standard InChI is InChI=1S/C14H17NO2/c1-10(14(16)17-3)8-11-9-15(2)13-7-5-4-6-12(11)13/h4-7,9-10H,8H2,1-3H3/t10-/m1/s1. The van der Waals surface area contributed by atoms with Gasteiger partial charge in [-0.25, -0.2) is 0 Å². The van der Waals surface area contributed by atoms with E-state index in [0.717, 1.165) is 0 Å². The fourth-order valence-electron chi connectivity index (χ4n) is 2.20. The molecule has 0 aliphatic carbocycles. The topological polar surface area (TPSA) is 31.2 Å². The summed E-state index contributed by atoms with van der Waals surface area (Å²) in [5, 5.41) is 1.21. The average molecular weight is 231 g/mol. The number of methoxy groups -OCH3 is 1. The van der Waals surface area contributed by atoms with Crippen molar-refractivity contribution in [1.29, 1.82) is 0 Å². The molecule has 3 heteroatoms. The van der Waals surface area contributed by atoms with Crippen molar-refractivity contribution in [1.82, 2.24) is 4.57 Å². The third-order valence-electron chi connectivity index (χ3n) is 3.11. The highest BCUT2D eigenvalue weighted by molar-refractivity contribution is 5.84. The van der Waals surface area contributed by atoms with Crippen molar-refractivity contribution in [3.63, 3.8) is 0 Å². The molecular weight excluding hydrogens is 214 g/mol. The Balaban J connectivity index is 2.33. The van der Waals surface area contributed by atoms with E-state index in [9.17, 15) is 4.79 Å². The van der Waals surface area contributed by atoms with E-state index in [1.165, 1.54) is 23.6 Å². The molecule has 0 radical (unpaired) electrons. The van der Waals surface area contributed by atoms with Crippen molar-refractivity contribution in [2.24, 2.45) is 13.0 Å². The molecule has 2 aromatic rings. The van der Waals surface area contributed by atoms with Gasteiger partial charge >= 0.3 is 5.97 Å². The second kappa shape index (κ2) is 4.62. The minimum absolute atomic E-state index is 0.106. The Morgan fingerprint density at radius 2 is 2.12 bits per heavy atom. The summed E-state index contributed by atoms with van der Waals surface area (Å²) in [6, 6.07) is 8.22. The third-order valence-corrected chi connectivity index (χ3v) is 3.11. The van der Waals surface area contributed by atoms with Crippen LogP contribution in [0, 0.1) is 5.92 Å². The van der Waals surface area contributed by atoms with Crippen molar-refractivity contribution >= 4 is 16.9 Å². The molecule has 2 rings (SSSR count). The van der Waals surface area contributed by atoms with Crippen LogP contribution in [0.1, 0.15) is 12.5 Å². The molecular formula is C14H17NO2. The van der Waals surface area contributed by atoms with Crippen LogP contribution < -0.4 is 0 Å². The van der Waals surface area contributed by atoms with Crippen molar-refractivity contribution < 1.29 is 9.53 Å². The molecule has 3 nitrogen and oxygen atoms in total. The van der Waals surface area contributed by atoms with E-state index < -0.39 is 0 Å². The molecule has 1 aromatic carbocycles. The smallest absolute Gasteiger partial charge is 0.308 e. The molecule has 1 atom stereocenters. The van der Waals surface area contributed by atoms with Crippen LogP contribution in [-0.4, -0.2) is 17.6 Å². The van der Waals surface area contributed by atoms with Crippen molar-refractivity contribution in [3.05, 3.63) is 36.0 Å². The Labute approximate surface area is 101 Å². The molecule has 0 spiro atoms. The lowest BCUT2D eigenvalue weighted by Crippen LogP contribution is -2.14. The van der Waals surface area contributed by atoms with Crippen molar-refractivity contribution in [3.8, 4) is 0 Å². The number of aryl methyl sites for hydroxylation is 1. The number of benzene rings is 1. The number of carbonyl (C=O) groups excluding carboxylic acids is 1. The Morgan fingerprint density at radius 3 is 2.82 bits per heavy atom. The molecule has 0 fully saturated rings. The summed E-state index contributed by atoms with van der Waals surface area (Å²) in [5.41, 5.74) is 2.39. The normalized spacial score (nSPS) is 12.6. The van der Waals surface area contributed by atoms with Crippen LogP contribution in [0.2, 0.25) is 0 Å². The highest BCUT2D eigenvalue weighted by atomic mass is 16.5. The number of ether oxygens (including phenoxy) is 1. The summed E-state index contributed by atoms with van der Waals surface area (Å²) in [5.74, 6) is -0.260. The van der Waals surface area contributed by atoms with Gasteiger partial charge in [0.15, 0.2) is 0 Å². The van der Waals surface area contributed by atoms with E-state index in [1.807, 2.05) is 26.1 Å². The van der Waals surface area contributed by atoms with Gasteiger partial charge in [-0.15, -0.1) is 0 Å². The van der Waals surface area contributed by atoms with Gasteiger partial charge in [-0.1, -0.05) is 25.1 Å². The molecule has 17 heavy (non-hydrogen) atoms. The van der Waals surface area contributed by atoms with Crippen LogP contribution in [0.15, 0.2) is 30.5 Å². The molecule has 0 bridgehead atoms. The SMILES string of the molecule is COC(=O)[C@H](C)Cc1cn(C)c2ccccc12. The van der Waals surface area contributed by atoms with E-state index in [0.29, 0.717) is 6.42 Å². The van der Waals surface area contributed by atoms with Gasteiger partial charge in [0.2, 0.25) is 0 Å². The minimum atomic E-state index is -0.155. The van der Waals surface area contributed by atoms with Crippen molar-refractivity contribution in [2.45, 2.75) is 13.3 Å². The maximum absolute atomic E-state index is 11.4. The lowest BCUT2D eigenvalue weighted by Gasteiger charge is -2.07. The number of para-hydroxylation sites is 1. The number of fused-ring (bicyclic) bond motifs is 1. The first-order valence-electron chi connectivity index (χ1n) is 5.74. The van der Waals surface area contributed by atoms with E-state index in [4.69, 9.17) is 4.74 Å². The predicted octanol–water partition coefficient (Wildman–Crippen LogP) is 2.53. The van der Waals surface area contributed by atoms with Gasteiger partial charge in [-0.3, -0.25) is 4.79 Å². The molecule has 1 heterocycles. The monoisotopic (exact) mass is 231 g/mol. The van der Waals surface area contributed by atoms with Gasteiger partial charge < -0.3 is 9.30 Å². The Hall–Kier alpha value is -1.77. The van der Waals surface area contributed by atoms with Gasteiger partial charge in [0.05, 0.1) is 13.0 Å². The molecule has 0 saturated carbocycles. The van der Waals surface area contributed by atoms with Crippen LogP contribution in [0.5, 0.6) is 0 Å². The van der Waals surface area contributed by atoms with E-state index >= 15 is 0 Å². The summed E-state index contributed by atoms with van der Waals surface area (Å²) in [4.78, 5) is 11.4. The fourth-order valence-corrected chi connectivity index (χ4v) is 2.20. The Kier molecular flexibility index (Phi) is 3.18. The van der Waals surface area contributed by atoms with E-state index in [2.05, 4.69) is 22.9 Å². The Bertz CT molecular complexity index is 542. The highest BCUT2D eigenvalue weighted by Crippen LogP contribution is 2.23. The van der Waals surface area contributed by atoms with Gasteiger partial charge in [-0.05, 0) is 18.1 Å². The molecule has 1 aromatic heterocycles. The first kappa shape index (κ1) is 11.7. The fraction of sp³-hybridized carbons (Fsp3) is 0.357. The summed E-state index contributed by atoms with van der Waals surface area (Å²) in [7, 11) is 3.45. The molecule has 0 unspecified atom stereocenters. The second-order valence-electron chi connectivity index (χ2n) is 4.41. The molecule has 0 amide bonds. The van der Waals surface area contributed by atoms with Crippen LogP contribution in [0.3, 0.4) is 0 Å². The average Bonchev–Trinajstić information content (AvgIpc) is 2.66. The zero-order chi connectivity index (χ0) is 12.4. The van der Waals surface area contributed by atoms with Crippen LogP contribution >= 0.6 is 0 Å². The first-order valence-corrected chi connectivity index (χ1v) is 5.74. The summed E-state index contributed by atoms with van der Waals surface area (Å²) < 4.78 is 6.85. The third kappa shape index (κ3) is 2.18. The quantitative estimate of drug-likeness (QED) is 0.760. The maximum atomic E-state index is 11.4. The van der Waals surface area contributed by atoms with Crippen LogP contribution in [-0.2, 0) is 23.0 Å². The van der Waals surface area contributed by atoms with Gasteiger partial charge in [-0.2, -0.15) is 0 Å². The van der Waals surface area contributed by atoms with Crippen LogP contribution in [0.25, 0.3) is 10.9 Å². The lowest BCUT2D eigenvalue weighted by atomic mass is 10.0. The lowest BCUT2D eigenvalue weighted by molar-refractivity contribution is -0.144. The highest BCUT2D eigenvalue weighted by Gasteiger charge is 2.16. The zero-order valence-electron chi connectivity index (χ0n) is 10.4. The van der Waals surface area contributed by atoms with E-state index in [1.54, 1.807) is 0 Å². The minimum Gasteiger partial charge on any atom is -0.469 e. The largest absolute Gasteiger partial charge is 0.469 e. The number of hydrogen-bond acceptors (Lipinski definition) is 2. The summed E-state index contributed by atoms with van der Waals surface area (Å²) in [6.07, 6.45) is 2.80. The number of rotatable bonds is 3. The predicted molar refractivity (Wildman–Crippen MR) is 67.8 cm³/mol. The summed E-state index contributed by atoms with van der Waals surface area (Å²) >= 11 is 0. The number of hydrogen-bond donors (Lipinski definition) is 0. The van der Waals surface area contributed by atoms with Crippen LogP contribution in [0.4, 0.5) is 0 Å². The number of aromatic nitrogens is 1. The molecule has 0 N–H and O–H groups in total. The number of nitrogens with zero attached hydrogens (tertiary/aromatic N) is 1. The van der Waals surface area contributed by atoms with E-state index in [-0.39, 0.29) is 11.9 Å². The van der Waals surface area contributed by atoms with Crippen molar-refractivity contribution in [2.75, 3.05) is 7.11 Å². The number of esters is 1. The van der Waals surface area contributed by atoms with Gasteiger partial charge in [0, 0.05) is 24.1 Å². The van der Waals surface area contributed by atoms with Gasteiger partial charge in [0.25, 0.3) is 0 Å². The first-order chi connectivity index (χ1) is 8.13. The molecule has 0 aliphatic rings.